The summed E-state index contributed by atoms with van der Waals surface area (Å²) in [6.45, 7) is 8.87. The lowest BCUT2D eigenvalue weighted by molar-refractivity contribution is -0.140. The number of benzene rings is 3. The molecule has 0 aliphatic heterocycles. The number of aryl methyl sites for hydroxylation is 1. The van der Waals surface area contributed by atoms with Gasteiger partial charge >= 0.3 is 0 Å². The van der Waals surface area contributed by atoms with E-state index in [4.69, 9.17) is 0 Å². The van der Waals surface area contributed by atoms with Crippen molar-refractivity contribution in [3.05, 3.63) is 90.0 Å². The second-order valence-electron chi connectivity index (χ2n) is 10.4. The van der Waals surface area contributed by atoms with Crippen molar-refractivity contribution in [1.29, 1.82) is 0 Å². The van der Waals surface area contributed by atoms with E-state index in [1.165, 1.54) is 16.7 Å². The molecule has 0 heterocycles. The van der Waals surface area contributed by atoms with Gasteiger partial charge in [0.2, 0.25) is 11.8 Å². The molecular weight excluding hydrogens is 530 g/mol. The molecule has 0 fully saturated rings. The first-order valence-corrected chi connectivity index (χ1v) is 15.4. The van der Waals surface area contributed by atoms with Crippen LogP contribution in [0.25, 0.3) is 0 Å². The summed E-state index contributed by atoms with van der Waals surface area (Å²) < 4.78 is 28.9. The lowest BCUT2D eigenvalue weighted by Gasteiger charge is -2.33. The number of sulfonamides is 1. The van der Waals surface area contributed by atoms with Crippen LogP contribution in [0.1, 0.15) is 38.8 Å². The normalized spacial score (nSPS) is 12.5. The standard InChI is InChI=1S/C30H37N3O4S2/c1-22-12-14-25(15-13-22)33(39(36,37)27-18-16-26(38-6)17-19-27)21-28(34)32(20-24-10-8-7-9-11-24)23(2)29(35)31-30(3,4)5/h7-19,23H,20-21H2,1-6H3,(H,31,35)/t23-/m0/s1. The molecule has 1 atom stereocenters. The molecule has 0 aromatic heterocycles. The minimum Gasteiger partial charge on any atom is -0.350 e. The summed E-state index contributed by atoms with van der Waals surface area (Å²) in [4.78, 5) is 29.5. The number of carbonyl (C=O) groups excluding carboxylic acids is 2. The van der Waals surface area contributed by atoms with Crippen LogP contribution in [0.15, 0.2) is 88.7 Å². The summed E-state index contributed by atoms with van der Waals surface area (Å²) in [6, 6.07) is 22.1. The van der Waals surface area contributed by atoms with Crippen LogP contribution in [0.5, 0.6) is 0 Å². The number of hydrogen-bond donors (Lipinski definition) is 1. The van der Waals surface area contributed by atoms with E-state index < -0.39 is 34.1 Å². The minimum absolute atomic E-state index is 0.0850. The maximum atomic E-state index is 13.9. The average Bonchev–Trinajstić information content (AvgIpc) is 2.90. The van der Waals surface area contributed by atoms with E-state index in [1.807, 2.05) is 64.3 Å². The molecule has 7 nitrogen and oxygen atoms in total. The van der Waals surface area contributed by atoms with Crippen LogP contribution in [0, 0.1) is 6.92 Å². The van der Waals surface area contributed by atoms with Gasteiger partial charge in [0.25, 0.3) is 10.0 Å². The molecule has 9 heteroatoms. The Labute approximate surface area is 236 Å². The van der Waals surface area contributed by atoms with Gasteiger partial charge in [-0.3, -0.25) is 13.9 Å². The van der Waals surface area contributed by atoms with Crippen molar-refractivity contribution in [2.24, 2.45) is 0 Å². The van der Waals surface area contributed by atoms with Crippen molar-refractivity contribution in [2.45, 2.75) is 62.5 Å². The molecule has 3 rings (SSSR count). The average molecular weight is 568 g/mol. The monoisotopic (exact) mass is 567 g/mol. The fraction of sp³-hybridized carbons (Fsp3) is 0.333. The van der Waals surface area contributed by atoms with Crippen molar-refractivity contribution >= 4 is 39.3 Å². The summed E-state index contributed by atoms with van der Waals surface area (Å²) in [5.74, 6) is -0.801. The van der Waals surface area contributed by atoms with Crippen molar-refractivity contribution in [2.75, 3.05) is 17.1 Å². The Morgan fingerprint density at radius 3 is 2.05 bits per heavy atom. The van der Waals surface area contributed by atoms with E-state index >= 15 is 0 Å². The highest BCUT2D eigenvalue weighted by Crippen LogP contribution is 2.26. The number of rotatable bonds is 10. The molecule has 3 aromatic carbocycles. The molecule has 2 amide bonds. The van der Waals surface area contributed by atoms with E-state index in [9.17, 15) is 18.0 Å². The lowest BCUT2D eigenvalue weighted by Crippen LogP contribution is -2.54. The van der Waals surface area contributed by atoms with Crippen LogP contribution >= 0.6 is 11.8 Å². The summed E-state index contributed by atoms with van der Waals surface area (Å²) >= 11 is 1.51. The smallest absolute Gasteiger partial charge is 0.264 e. The van der Waals surface area contributed by atoms with E-state index in [0.29, 0.717) is 5.69 Å². The molecule has 3 aromatic rings. The third-order valence-corrected chi connectivity index (χ3v) is 8.64. The zero-order valence-electron chi connectivity index (χ0n) is 23.3. The zero-order valence-corrected chi connectivity index (χ0v) is 25.0. The summed E-state index contributed by atoms with van der Waals surface area (Å²) in [7, 11) is -4.09. The number of carbonyl (C=O) groups is 2. The van der Waals surface area contributed by atoms with Gasteiger partial charge in [0.1, 0.15) is 12.6 Å². The van der Waals surface area contributed by atoms with Crippen LogP contribution in [0.3, 0.4) is 0 Å². The highest BCUT2D eigenvalue weighted by atomic mass is 32.2. The summed E-state index contributed by atoms with van der Waals surface area (Å²) in [5, 5.41) is 2.93. The Bertz CT molecular complexity index is 1370. The van der Waals surface area contributed by atoms with Gasteiger partial charge in [-0.15, -0.1) is 11.8 Å². The molecule has 1 N–H and O–H groups in total. The molecule has 0 aliphatic carbocycles. The van der Waals surface area contributed by atoms with Gasteiger partial charge in [0.05, 0.1) is 10.6 Å². The van der Waals surface area contributed by atoms with Gasteiger partial charge in [-0.2, -0.15) is 0 Å². The molecule has 0 saturated heterocycles. The van der Waals surface area contributed by atoms with E-state index in [1.54, 1.807) is 55.5 Å². The number of hydrogen-bond acceptors (Lipinski definition) is 5. The van der Waals surface area contributed by atoms with Crippen molar-refractivity contribution < 1.29 is 18.0 Å². The lowest BCUT2D eigenvalue weighted by atomic mass is 10.1. The highest BCUT2D eigenvalue weighted by molar-refractivity contribution is 7.98. The molecule has 0 unspecified atom stereocenters. The van der Waals surface area contributed by atoms with Gasteiger partial charge < -0.3 is 10.2 Å². The molecule has 0 aliphatic rings. The number of nitrogens with one attached hydrogen (secondary N) is 1. The van der Waals surface area contributed by atoms with Crippen molar-refractivity contribution in [1.82, 2.24) is 10.2 Å². The fourth-order valence-electron chi connectivity index (χ4n) is 3.95. The first kappa shape index (κ1) is 30.2. The quantitative estimate of drug-likeness (QED) is 0.339. The Morgan fingerprint density at radius 2 is 1.51 bits per heavy atom. The maximum Gasteiger partial charge on any atom is 0.264 e. The molecular formula is C30H37N3O4S2. The fourth-order valence-corrected chi connectivity index (χ4v) is 5.77. The Hall–Kier alpha value is -3.30. The van der Waals surface area contributed by atoms with Crippen LogP contribution in [-0.2, 0) is 26.2 Å². The topological polar surface area (TPSA) is 86.8 Å². The second kappa shape index (κ2) is 12.7. The van der Waals surface area contributed by atoms with Gasteiger partial charge in [0.15, 0.2) is 0 Å². The Balaban J connectivity index is 2.02. The Morgan fingerprint density at radius 1 is 0.923 bits per heavy atom. The third-order valence-electron chi connectivity index (χ3n) is 6.11. The van der Waals surface area contributed by atoms with Gasteiger partial charge in [0, 0.05) is 17.0 Å². The predicted molar refractivity (Wildman–Crippen MR) is 158 cm³/mol. The zero-order chi connectivity index (χ0) is 28.8. The number of anilines is 1. The number of amides is 2. The first-order valence-electron chi connectivity index (χ1n) is 12.7. The van der Waals surface area contributed by atoms with Gasteiger partial charge in [-0.25, -0.2) is 8.42 Å². The van der Waals surface area contributed by atoms with Crippen LogP contribution in [-0.4, -0.2) is 49.5 Å². The molecule has 0 radical (unpaired) electrons. The van der Waals surface area contributed by atoms with Crippen LogP contribution in [0.4, 0.5) is 5.69 Å². The Kier molecular flexibility index (Phi) is 9.85. The van der Waals surface area contributed by atoms with Crippen LogP contribution in [0.2, 0.25) is 0 Å². The molecule has 0 saturated carbocycles. The van der Waals surface area contributed by atoms with Crippen molar-refractivity contribution in [3.8, 4) is 0 Å². The first-order chi connectivity index (χ1) is 18.3. The predicted octanol–water partition coefficient (Wildman–Crippen LogP) is 5.24. The highest BCUT2D eigenvalue weighted by Gasteiger charge is 2.33. The van der Waals surface area contributed by atoms with E-state index in [0.717, 1.165) is 20.3 Å². The van der Waals surface area contributed by atoms with Crippen LogP contribution < -0.4 is 9.62 Å². The number of thioether (sulfide) groups is 1. The second-order valence-corrected chi connectivity index (χ2v) is 13.2. The molecule has 208 valence electrons. The largest absolute Gasteiger partial charge is 0.350 e. The maximum absolute atomic E-state index is 13.9. The minimum atomic E-state index is -4.09. The SMILES string of the molecule is CSc1ccc(S(=O)(=O)N(CC(=O)N(Cc2ccccc2)[C@@H](C)C(=O)NC(C)(C)C)c2ccc(C)cc2)cc1. The summed E-state index contributed by atoms with van der Waals surface area (Å²) in [6.07, 6.45) is 1.92. The summed E-state index contributed by atoms with van der Waals surface area (Å²) in [5.41, 5.74) is 1.67. The molecule has 0 bridgehead atoms. The van der Waals surface area contributed by atoms with Gasteiger partial charge in [-0.05, 0) is 82.8 Å². The third kappa shape index (κ3) is 8.10. The van der Waals surface area contributed by atoms with E-state index in [2.05, 4.69) is 5.32 Å². The van der Waals surface area contributed by atoms with Gasteiger partial charge in [-0.1, -0.05) is 48.0 Å². The van der Waals surface area contributed by atoms with E-state index in [-0.39, 0.29) is 17.3 Å². The molecule has 39 heavy (non-hydrogen) atoms. The molecule has 0 spiro atoms. The number of nitrogens with zero attached hydrogens (tertiary/aromatic N) is 2. The van der Waals surface area contributed by atoms with Crippen molar-refractivity contribution in [3.63, 3.8) is 0 Å².